The van der Waals surface area contributed by atoms with Crippen molar-refractivity contribution < 1.29 is 19.6 Å². The van der Waals surface area contributed by atoms with Crippen LogP contribution in [0.2, 0.25) is 0 Å². The third-order valence-electron chi connectivity index (χ3n) is 5.50. The fraction of sp³-hybridized carbons (Fsp3) is 0.409. The van der Waals surface area contributed by atoms with Gasteiger partial charge in [0.05, 0.1) is 21.3 Å². The number of hydrogen-bond donors (Lipinski definition) is 1. The van der Waals surface area contributed by atoms with E-state index in [1.807, 2.05) is 43.9 Å². The summed E-state index contributed by atoms with van der Waals surface area (Å²) >= 11 is 1.08. The summed E-state index contributed by atoms with van der Waals surface area (Å²) in [6.45, 7) is 4.10. The fourth-order valence-electron chi connectivity index (χ4n) is 3.97. The van der Waals surface area contributed by atoms with Gasteiger partial charge in [-0.1, -0.05) is 30.0 Å². The molecule has 0 saturated carbocycles. The standard InChI is InChI=1S/C22H27N3O5S/c1-6-30-21(27)22(13-23(3)4)15-11-14(2)24(5)17(15)12-19(20(22)26)31-18-10-8-7-9-16(18)25(28)29/h7-12,14,26H,6,13H2,1-5H3. The van der Waals surface area contributed by atoms with Crippen LogP contribution < -0.4 is 0 Å². The van der Waals surface area contributed by atoms with Crippen molar-refractivity contribution in [3.8, 4) is 0 Å². The first kappa shape index (κ1) is 22.9. The van der Waals surface area contributed by atoms with Crippen LogP contribution in [0.25, 0.3) is 0 Å². The summed E-state index contributed by atoms with van der Waals surface area (Å²) in [4.78, 5) is 29.0. The maximum absolute atomic E-state index is 13.3. The average molecular weight is 446 g/mol. The largest absolute Gasteiger partial charge is 0.509 e. The molecule has 9 heteroatoms. The number of carbonyl (C=O) groups excluding carboxylic acids is 1. The molecule has 0 radical (unpaired) electrons. The summed E-state index contributed by atoms with van der Waals surface area (Å²) in [5, 5.41) is 23.0. The Morgan fingerprint density at radius 3 is 2.68 bits per heavy atom. The molecule has 1 aromatic carbocycles. The number of carbonyl (C=O) groups is 1. The van der Waals surface area contributed by atoms with E-state index in [1.54, 1.807) is 31.2 Å². The number of thioether (sulfide) groups is 1. The SMILES string of the molecule is CCOC(=O)C1(CN(C)C)C2=CC(C)N(C)C2=CC(Sc2ccccc2[N+](=O)[O-])=C1O. The Labute approximate surface area is 186 Å². The summed E-state index contributed by atoms with van der Waals surface area (Å²) < 4.78 is 5.43. The smallest absolute Gasteiger partial charge is 0.325 e. The maximum Gasteiger partial charge on any atom is 0.325 e. The van der Waals surface area contributed by atoms with Gasteiger partial charge in [-0.25, -0.2) is 0 Å². The number of ether oxygens (including phenoxy) is 1. The lowest BCUT2D eigenvalue weighted by molar-refractivity contribution is -0.387. The molecule has 0 spiro atoms. The number of hydrogen-bond acceptors (Lipinski definition) is 8. The highest BCUT2D eigenvalue weighted by atomic mass is 32.2. The van der Waals surface area contributed by atoms with Gasteiger partial charge in [0, 0.05) is 31.4 Å². The minimum Gasteiger partial charge on any atom is -0.509 e. The molecule has 2 unspecified atom stereocenters. The molecule has 1 aromatic rings. The highest BCUT2D eigenvalue weighted by molar-refractivity contribution is 8.03. The zero-order valence-corrected chi connectivity index (χ0v) is 19.1. The Bertz CT molecular complexity index is 1000. The molecule has 0 aromatic heterocycles. The van der Waals surface area contributed by atoms with Crippen LogP contribution in [-0.2, 0) is 9.53 Å². The lowest BCUT2D eigenvalue weighted by Gasteiger charge is -2.39. The highest BCUT2D eigenvalue weighted by Crippen LogP contribution is 2.52. The third kappa shape index (κ3) is 3.95. The number of esters is 1. The van der Waals surface area contributed by atoms with E-state index < -0.39 is 16.3 Å². The Hall–Kier alpha value is -2.78. The van der Waals surface area contributed by atoms with E-state index in [0.717, 1.165) is 17.5 Å². The van der Waals surface area contributed by atoms with Gasteiger partial charge < -0.3 is 19.6 Å². The summed E-state index contributed by atoms with van der Waals surface area (Å²) in [7, 11) is 5.56. The number of nitro benzene ring substituents is 1. The van der Waals surface area contributed by atoms with E-state index >= 15 is 0 Å². The molecule has 3 rings (SSSR count). The van der Waals surface area contributed by atoms with E-state index in [1.165, 1.54) is 6.07 Å². The summed E-state index contributed by atoms with van der Waals surface area (Å²) in [5.74, 6) is -0.693. The van der Waals surface area contributed by atoms with Crippen LogP contribution in [0.15, 0.2) is 63.2 Å². The molecule has 0 amide bonds. The Kier molecular flexibility index (Phi) is 6.47. The van der Waals surface area contributed by atoms with Gasteiger partial charge >= 0.3 is 5.97 Å². The number of para-hydroxylation sites is 1. The first-order valence-electron chi connectivity index (χ1n) is 9.97. The topological polar surface area (TPSA) is 96.2 Å². The van der Waals surface area contributed by atoms with Crippen LogP contribution in [0, 0.1) is 15.5 Å². The number of nitrogens with zero attached hydrogens (tertiary/aromatic N) is 3. The van der Waals surface area contributed by atoms with Crippen molar-refractivity contribution in [2.24, 2.45) is 5.41 Å². The number of benzene rings is 1. The number of allylic oxidation sites excluding steroid dienone is 2. The van der Waals surface area contributed by atoms with E-state index in [2.05, 4.69) is 0 Å². The van der Waals surface area contributed by atoms with Gasteiger partial charge in [-0.15, -0.1) is 0 Å². The van der Waals surface area contributed by atoms with Crippen LogP contribution in [0.5, 0.6) is 0 Å². The molecule has 31 heavy (non-hydrogen) atoms. The monoisotopic (exact) mass is 445 g/mol. The van der Waals surface area contributed by atoms with E-state index in [-0.39, 0.29) is 30.6 Å². The predicted octanol–water partition coefficient (Wildman–Crippen LogP) is 3.73. The highest BCUT2D eigenvalue weighted by Gasteiger charge is 2.54. The second-order valence-corrected chi connectivity index (χ2v) is 8.95. The lowest BCUT2D eigenvalue weighted by Crippen LogP contribution is -2.47. The molecular weight excluding hydrogens is 418 g/mol. The van der Waals surface area contributed by atoms with Crippen molar-refractivity contribution in [1.82, 2.24) is 9.80 Å². The fourth-order valence-corrected chi connectivity index (χ4v) is 5.04. The first-order valence-corrected chi connectivity index (χ1v) is 10.8. The third-order valence-corrected chi connectivity index (χ3v) is 6.60. The number of fused-ring (bicyclic) bond motifs is 1. The summed E-state index contributed by atoms with van der Waals surface area (Å²) in [6, 6.07) is 6.37. The number of aliphatic hydroxyl groups is 1. The van der Waals surface area contributed by atoms with Gasteiger partial charge in [0.25, 0.3) is 5.69 Å². The molecule has 2 atom stereocenters. The van der Waals surface area contributed by atoms with Gasteiger partial charge in [0.1, 0.15) is 5.76 Å². The van der Waals surface area contributed by atoms with Crippen molar-refractivity contribution in [2.75, 3.05) is 34.3 Å². The lowest BCUT2D eigenvalue weighted by atomic mass is 9.73. The molecule has 1 N–H and O–H groups in total. The quantitative estimate of drug-likeness (QED) is 0.385. The molecule has 0 saturated heterocycles. The van der Waals surface area contributed by atoms with Crippen LogP contribution in [0.4, 0.5) is 5.69 Å². The maximum atomic E-state index is 13.3. The molecular formula is C22H27N3O5S. The first-order chi connectivity index (χ1) is 14.6. The minimum atomic E-state index is -1.42. The summed E-state index contributed by atoms with van der Waals surface area (Å²) in [6.07, 6.45) is 3.76. The van der Waals surface area contributed by atoms with Crippen LogP contribution in [0.3, 0.4) is 0 Å². The van der Waals surface area contributed by atoms with Gasteiger partial charge in [-0.05, 0) is 45.7 Å². The van der Waals surface area contributed by atoms with Gasteiger partial charge in [0.15, 0.2) is 5.41 Å². The molecule has 8 nitrogen and oxygen atoms in total. The van der Waals surface area contributed by atoms with Gasteiger partial charge in [-0.3, -0.25) is 14.9 Å². The van der Waals surface area contributed by atoms with Crippen molar-refractivity contribution in [2.45, 2.75) is 24.8 Å². The Morgan fingerprint density at radius 2 is 2.06 bits per heavy atom. The summed E-state index contributed by atoms with van der Waals surface area (Å²) in [5.41, 5.74) is 0.00416. The molecule has 1 heterocycles. The normalized spacial score (nSPS) is 22.9. The van der Waals surface area contributed by atoms with Crippen LogP contribution >= 0.6 is 11.8 Å². The van der Waals surface area contributed by atoms with Crippen LogP contribution in [-0.4, -0.2) is 66.1 Å². The zero-order chi connectivity index (χ0) is 22.9. The van der Waals surface area contributed by atoms with Crippen molar-refractivity contribution in [3.05, 3.63) is 68.5 Å². The van der Waals surface area contributed by atoms with E-state index in [9.17, 15) is 20.0 Å². The minimum absolute atomic E-state index is 0.0143. The van der Waals surface area contributed by atoms with E-state index in [0.29, 0.717) is 15.4 Å². The van der Waals surface area contributed by atoms with Crippen molar-refractivity contribution in [1.29, 1.82) is 0 Å². The molecule has 0 fully saturated rings. The molecule has 166 valence electrons. The molecule has 2 aliphatic rings. The zero-order valence-electron chi connectivity index (χ0n) is 18.3. The molecule has 0 bridgehead atoms. The molecule has 1 aliphatic heterocycles. The molecule has 1 aliphatic carbocycles. The van der Waals surface area contributed by atoms with E-state index in [4.69, 9.17) is 4.74 Å². The second kappa shape index (κ2) is 8.76. The Balaban J connectivity index is 2.23. The second-order valence-electron chi connectivity index (χ2n) is 7.86. The van der Waals surface area contributed by atoms with Gasteiger partial charge in [0.2, 0.25) is 0 Å². The number of likely N-dealkylation sites (N-methyl/N-ethyl adjacent to an activating group) is 1. The van der Waals surface area contributed by atoms with Gasteiger partial charge in [-0.2, -0.15) is 0 Å². The average Bonchev–Trinajstić information content (AvgIpc) is 2.99. The predicted molar refractivity (Wildman–Crippen MR) is 120 cm³/mol. The number of nitro groups is 1. The van der Waals surface area contributed by atoms with Crippen molar-refractivity contribution >= 4 is 23.4 Å². The Morgan fingerprint density at radius 1 is 1.39 bits per heavy atom. The number of rotatable bonds is 7. The van der Waals surface area contributed by atoms with Crippen LogP contribution in [0.1, 0.15) is 13.8 Å². The van der Waals surface area contributed by atoms with Crippen molar-refractivity contribution in [3.63, 3.8) is 0 Å². The number of aliphatic hydroxyl groups excluding tert-OH is 1.